The lowest BCUT2D eigenvalue weighted by molar-refractivity contribution is -0.116. The molecule has 0 aliphatic carbocycles. The standard InChI is InChI=1S/C24H19N3O/c25-15-14-18-10-12-21(13-11-18)26-24(28)17-27-22-9-5-4-8-20(22)16-23(27)19-6-2-1-3-7-19/h1-13,16H,14,17H2,(H,26,28). The SMILES string of the molecule is N#CCc1ccc(NC(=O)Cn2c(-c3ccccc3)cc3ccccc32)cc1. The Balaban J connectivity index is 1.62. The second-order valence-corrected chi connectivity index (χ2v) is 6.62. The van der Waals surface area contributed by atoms with Crippen LogP contribution >= 0.6 is 0 Å². The molecule has 4 aromatic rings. The van der Waals surface area contributed by atoms with Gasteiger partial charge in [-0.2, -0.15) is 5.26 Å². The van der Waals surface area contributed by atoms with Gasteiger partial charge in [0.15, 0.2) is 0 Å². The molecule has 4 heteroatoms. The zero-order valence-corrected chi connectivity index (χ0v) is 15.3. The van der Waals surface area contributed by atoms with Gasteiger partial charge in [-0.3, -0.25) is 4.79 Å². The van der Waals surface area contributed by atoms with Crippen molar-refractivity contribution in [3.05, 3.63) is 90.5 Å². The van der Waals surface area contributed by atoms with E-state index in [0.717, 1.165) is 33.4 Å². The highest BCUT2D eigenvalue weighted by atomic mass is 16.1. The minimum atomic E-state index is -0.0911. The fourth-order valence-corrected chi connectivity index (χ4v) is 3.37. The summed E-state index contributed by atoms with van der Waals surface area (Å²) in [7, 11) is 0. The Hall–Kier alpha value is -3.84. The molecule has 1 heterocycles. The van der Waals surface area contributed by atoms with Crippen LogP contribution in [-0.2, 0) is 17.8 Å². The molecule has 4 nitrogen and oxygen atoms in total. The number of aromatic nitrogens is 1. The number of nitriles is 1. The van der Waals surface area contributed by atoms with Gasteiger partial charge in [0.05, 0.1) is 12.5 Å². The molecule has 1 N–H and O–H groups in total. The van der Waals surface area contributed by atoms with E-state index in [4.69, 9.17) is 5.26 Å². The van der Waals surface area contributed by atoms with E-state index in [2.05, 4.69) is 35.7 Å². The van der Waals surface area contributed by atoms with Crippen molar-refractivity contribution in [2.75, 3.05) is 5.32 Å². The summed E-state index contributed by atoms with van der Waals surface area (Å²) in [6.45, 7) is 0.220. The summed E-state index contributed by atoms with van der Waals surface area (Å²) in [6, 6.07) is 29.8. The molecule has 0 spiro atoms. The lowest BCUT2D eigenvalue weighted by atomic mass is 10.1. The molecule has 28 heavy (non-hydrogen) atoms. The zero-order valence-electron chi connectivity index (χ0n) is 15.3. The molecule has 4 rings (SSSR count). The fourth-order valence-electron chi connectivity index (χ4n) is 3.37. The van der Waals surface area contributed by atoms with Crippen molar-refractivity contribution in [3.8, 4) is 17.3 Å². The largest absolute Gasteiger partial charge is 0.331 e. The summed E-state index contributed by atoms with van der Waals surface area (Å²) in [6.07, 6.45) is 0.365. The van der Waals surface area contributed by atoms with Crippen LogP contribution in [0.2, 0.25) is 0 Å². The van der Waals surface area contributed by atoms with Crippen LogP contribution in [0.4, 0.5) is 5.69 Å². The number of nitrogens with zero attached hydrogens (tertiary/aromatic N) is 2. The molecule has 0 radical (unpaired) electrons. The Morgan fingerprint density at radius 3 is 2.39 bits per heavy atom. The zero-order chi connectivity index (χ0) is 19.3. The first-order valence-electron chi connectivity index (χ1n) is 9.14. The van der Waals surface area contributed by atoms with E-state index in [0.29, 0.717) is 6.42 Å². The number of anilines is 1. The molecule has 0 fully saturated rings. The highest BCUT2D eigenvalue weighted by Gasteiger charge is 2.13. The summed E-state index contributed by atoms with van der Waals surface area (Å²) in [5.74, 6) is -0.0911. The Morgan fingerprint density at radius 1 is 0.929 bits per heavy atom. The van der Waals surface area contributed by atoms with Gasteiger partial charge in [0.2, 0.25) is 5.91 Å². The second-order valence-electron chi connectivity index (χ2n) is 6.62. The van der Waals surface area contributed by atoms with Crippen molar-refractivity contribution in [1.82, 2.24) is 4.57 Å². The monoisotopic (exact) mass is 365 g/mol. The first-order valence-corrected chi connectivity index (χ1v) is 9.14. The number of carbonyl (C=O) groups excluding carboxylic acids is 1. The van der Waals surface area contributed by atoms with Crippen molar-refractivity contribution in [3.63, 3.8) is 0 Å². The molecule has 0 saturated carbocycles. The molecule has 0 unspecified atom stereocenters. The van der Waals surface area contributed by atoms with Gasteiger partial charge in [-0.1, -0.05) is 60.7 Å². The average molecular weight is 365 g/mol. The third kappa shape index (κ3) is 3.65. The topological polar surface area (TPSA) is 57.8 Å². The number of nitrogens with one attached hydrogen (secondary N) is 1. The van der Waals surface area contributed by atoms with Gasteiger partial charge in [-0.05, 0) is 35.4 Å². The summed E-state index contributed by atoms with van der Waals surface area (Å²) >= 11 is 0. The molecule has 0 aliphatic rings. The minimum Gasteiger partial charge on any atom is -0.331 e. The van der Waals surface area contributed by atoms with Crippen molar-refractivity contribution in [2.45, 2.75) is 13.0 Å². The van der Waals surface area contributed by atoms with Crippen LogP contribution in [0.5, 0.6) is 0 Å². The minimum absolute atomic E-state index is 0.0911. The first-order chi connectivity index (χ1) is 13.7. The first kappa shape index (κ1) is 17.6. The van der Waals surface area contributed by atoms with Crippen molar-refractivity contribution in [2.24, 2.45) is 0 Å². The van der Waals surface area contributed by atoms with Crippen LogP contribution in [0.3, 0.4) is 0 Å². The number of hydrogen-bond acceptors (Lipinski definition) is 2. The lowest BCUT2D eigenvalue weighted by Crippen LogP contribution is -2.19. The van der Waals surface area contributed by atoms with Crippen LogP contribution in [0, 0.1) is 11.3 Å². The highest BCUT2D eigenvalue weighted by molar-refractivity contribution is 5.94. The molecule has 1 amide bonds. The number of benzene rings is 3. The van der Waals surface area contributed by atoms with Crippen LogP contribution in [0.1, 0.15) is 5.56 Å². The third-order valence-electron chi connectivity index (χ3n) is 4.70. The molecule has 0 atom stereocenters. The molecule has 136 valence electrons. The molecule has 0 saturated heterocycles. The summed E-state index contributed by atoms with van der Waals surface area (Å²) < 4.78 is 2.05. The maximum atomic E-state index is 12.7. The van der Waals surface area contributed by atoms with E-state index in [-0.39, 0.29) is 12.5 Å². The summed E-state index contributed by atoms with van der Waals surface area (Å²) in [5, 5.41) is 12.8. The normalized spacial score (nSPS) is 10.5. The van der Waals surface area contributed by atoms with E-state index in [1.54, 1.807) is 0 Å². The van der Waals surface area contributed by atoms with Gasteiger partial charge < -0.3 is 9.88 Å². The van der Waals surface area contributed by atoms with Gasteiger partial charge in [-0.25, -0.2) is 0 Å². The Morgan fingerprint density at radius 2 is 1.64 bits per heavy atom. The molecular formula is C24H19N3O. The van der Waals surface area contributed by atoms with Gasteiger partial charge in [-0.15, -0.1) is 0 Å². The number of hydrogen-bond donors (Lipinski definition) is 1. The van der Waals surface area contributed by atoms with Crippen molar-refractivity contribution in [1.29, 1.82) is 5.26 Å². The number of carbonyl (C=O) groups is 1. The Labute approximate surface area is 163 Å². The summed E-state index contributed by atoms with van der Waals surface area (Å²) in [5.41, 5.74) is 4.78. The Kier molecular flexibility index (Phi) is 4.90. The quantitative estimate of drug-likeness (QED) is 0.540. The van der Waals surface area contributed by atoms with Crippen LogP contribution in [-0.4, -0.2) is 10.5 Å². The molecular weight excluding hydrogens is 346 g/mol. The average Bonchev–Trinajstić information content (AvgIpc) is 3.09. The number of rotatable bonds is 5. The van der Waals surface area contributed by atoms with E-state index in [9.17, 15) is 4.79 Å². The van der Waals surface area contributed by atoms with Gasteiger partial charge >= 0.3 is 0 Å². The van der Waals surface area contributed by atoms with Crippen LogP contribution < -0.4 is 5.32 Å². The van der Waals surface area contributed by atoms with Gasteiger partial charge in [0.1, 0.15) is 6.54 Å². The van der Waals surface area contributed by atoms with Gasteiger partial charge in [0.25, 0.3) is 0 Å². The number of fused-ring (bicyclic) bond motifs is 1. The Bertz CT molecular complexity index is 1150. The van der Waals surface area contributed by atoms with Gasteiger partial charge in [0, 0.05) is 22.3 Å². The number of para-hydroxylation sites is 1. The fraction of sp³-hybridized carbons (Fsp3) is 0.0833. The lowest BCUT2D eigenvalue weighted by Gasteiger charge is -2.12. The number of amides is 1. The maximum Gasteiger partial charge on any atom is 0.244 e. The molecule has 0 aliphatic heterocycles. The third-order valence-corrected chi connectivity index (χ3v) is 4.70. The van der Waals surface area contributed by atoms with E-state index >= 15 is 0 Å². The molecule has 3 aromatic carbocycles. The van der Waals surface area contributed by atoms with Crippen LogP contribution in [0.15, 0.2) is 84.9 Å². The van der Waals surface area contributed by atoms with Crippen molar-refractivity contribution < 1.29 is 4.79 Å². The predicted molar refractivity (Wildman–Crippen MR) is 112 cm³/mol. The summed E-state index contributed by atoms with van der Waals surface area (Å²) in [4.78, 5) is 12.7. The smallest absolute Gasteiger partial charge is 0.244 e. The van der Waals surface area contributed by atoms with Crippen LogP contribution in [0.25, 0.3) is 22.2 Å². The molecule has 0 bridgehead atoms. The molecule has 1 aromatic heterocycles. The van der Waals surface area contributed by atoms with Crippen molar-refractivity contribution >= 4 is 22.5 Å². The van der Waals surface area contributed by atoms with E-state index in [1.165, 1.54) is 0 Å². The maximum absolute atomic E-state index is 12.7. The second kappa shape index (κ2) is 7.81. The highest BCUT2D eigenvalue weighted by Crippen LogP contribution is 2.28. The predicted octanol–water partition coefficient (Wildman–Crippen LogP) is 5.01. The van der Waals surface area contributed by atoms with E-state index in [1.807, 2.05) is 65.2 Å². The van der Waals surface area contributed by atoms with E-state index < -0.39 is 0 Å².